The summed E-state index contributed by atoms with van der Waals surface area (Å²) < 4.78 is 0. The Morgan fingerprint density at radius 1 is 1.31 bits per heavy atom. The zero-order chi connectivity index (χ0) is 20.4. The third-order valence-electron chi connectivity index (χ3n) is 4.99. The smallest absolute Gasteiger partial charge is 0.261 e. The summed E-state index contributed by atoms with van der Waals surface area (Å²) >= 11 is 7.47. The lowest BCUT2D eigenvalue weighted by molar-refractivity contribution is 0.0934. The minimum Gasteiger partial charge on any atom is -0.396 e. The van der Waals surface area contributed by atoms with Crippen LogP contribution in [0.3, 0.4) is 0 Å². The molecule has 2 heterocycles. The number of thiophene rings is 1. The fourth-order valence-electron chi connectivity index (χ4n) is 3.49. The number of carbonyl (C=O) groups excluding carboxylic acids is 1. The Morgan fingerprint density at radius 3 is 2.83 bits per heavy atom. The average Bonchev–Trinajstić information content (AvgIpc) is 3.18. The van der Waals surface area contributed by atoms with Crippen LogP contribution >= 0.6 is 22.9 Å². The van der Waals surface area contributed by atoms with E-state index in [0.717, 1.165) is 40.1 Å². The molecule has 3 N–H and O–H groups in total. The van der Waals surface area contributed by atoms with E-state index in [2.05, 4.69) is 20.6 Å². The Hall–Kier alpha value is -2.48. The van der Waals surface area contributed by atoms with Crippen LogP contribution in [0.1, 0.15) is 38.1 Å². The molecule has 1 atom stereocenters. The summed E-state index contributed by atoms with van der Waals surface area (Å²) in [5.41, 5.74) is 3.91. The topological polar surface area (TPSA) is 87.1 Å². The summed E-state index contributed by atoms with van der Waals surface area (Å²) in [6.45, 7) is -0.0222. The first-order chi connectivity index (χ1) is 14.1. The van der Waals surface area contributed by atoms with Crippen LogP contribution in [0.4, 0.5) is 5.95 Å². The standard InChI is InChI=1S/C21H21ClN4O2S/c1-23-21-24-11-13-4-7-17-15(19(13)26-21)10-18(29-17)20(28)25-16(8-9-27)12-2-5-14(22)6-3-12/h2-3,5-6,10-11,16,27H,4,7-9H2,1H3,(H,25,28)(H,23,24,26)/t16-/m0/s1. The third-order valence-corrected chi connectivity index (χ3v) is 6.44. The fraction of sp³-hybridized carbons (Fsp3) is 0.286. The van der Waals surface area contributed by atoms with Gasteiger partial charge in [0, 0.05) is 35.3 Å². The van der Waals surface area contributed by atoms with Gasteiger partial charge in [-0.1, -0.05) is 23.7 Å². The second kappa shape index (κ2) is 8.49. The first-order valence-corrected chi connectivity index (χ1v) is 10.6. The number of aromatic nitrogens is 2. The average molecular weight is 429 g/mol. The van der Waals surface area contributed by atoms with Gasteiger partial charge in [-0.2, -0.15) is 0 Å². The van der Waals surface area contributed by atoms with Gasteiger partial charge in [-0.3, -0.25) is 4.79 Å². The van der Waals surface area contributed by atoms with Crippen molar-refractivity contribution >= 4 is 34.8 Å². The maximum Gasteiger partial charge on any atom is 0.261 e. The van der Waals surface area contributed by atoms with Gasteiger partial charge in [0.2, 0.25) is 5.95 Å². The minimum absolute atomic E-state index is 0.0222. The number of nitrogens with one attached hydrogen (secondary N) is 2. The largest absolute Gasteiger partial charge is 0.396 e. The maximum absolute atomic E-state index is 13.0. The van der Waals surface area contributed by atoms with E-state index in [1.807, 2.05) is 24.4 Å². The van der Waals surface area contributed by atoms with E-state index in [1.54, 1.807) is 19.2 Å². The van der Waals surface area contributed by atoms with Crippen molar-refractivity contribution in [1.82, 2.24) is 15.3 Å². The number of amides is 1. The second-order valence-electron chi connectivity index (χ2n) is 6.85. The van der Waals surface area contributed by atoms with Crippen LogP contribution in [0, 0.1) is 0 Å². The molecule has 6 nitrogen and oxygen atoms in total. The number of aryl methyl sites for hydroxylation is 2. The highest BCUT2D eigenvalue weighted by molar-refractivity contribution is 7.14. The number of hydrogen-bond donors (Lipinski definition) is 3. The summed E-state index contributed by atoms with van der Waals surface area (Å²) in [5, 5.41) is 16.1. The van der Waals surface area contributed by atoms with Crippen molar-refractivity contribution < 1.29 is 9.90 Å². The molecule has 1 aliphatic carbocycles. The highest BCUT2D eigenvalue weighted by Crippen LogP contribution is 2.38. The number of halogens is 1. The lowest BCUT2D eigenvalue weighted by Gasteiger charge is -2.18. The Kier molecular flexibility index (Phi) is 5.80. The number of benzene rings is 1. The molecule has 0 saturated carbocycles. The normalized spacial score (nSPS) is 13.3. The van der Waals surface area contributed by atoms with Crippen molar-refractivity contribution in [2.75, 3.05) is 19.0 Å². The number of aliphatic hydroxyl groups is 1. The van der Waals surface area contributed by atoms with Crippen molar-refractivity contribution in [3.8, 4) is 11.3 Å². The highest BCUT2D eigenvalue weighted by Gasteiger charge is 2.24. The fourth-order valence-corrected chi connectivity index (χ4v) is 4.68. The van der Waals surface area contributed by atoms with Gasteiger partial charge < -0.3 is 15.7 Å². The van der Waals surface area contributed by atoms with Crippen LogP contribution in [0.15, 0.2) is 36.5 Å². The number of hydrogen-bond acceptors (Lipinski definition) is 6. The number of aliphatic hydroxyl groups excluding tert-OH is 1. The number of carbonyl (C=O) groups is 1. The maximum atomic E-state index is 13.0. The van der Waals surface area contributed by atoms with Crippen LogP contribution in [0.25, 0.3) is 11.3 Å². The van der Waals surface area contributed by atoms with Gasteiger partial charge in [-0.05, 0) is 48.6 Å². The minimum atomic E-state index is -0.283. The summed E-state index contributed by atoms with van der Waals surface area (Å²) in [7, 11) is 1.79. The summed E-state index contributed by atoms with van der Waals surface area (Å²) in [6, 6.07) is 8.94. The first-order valence-electron chi connectivity index (χ1n) is 9.43. The van der Waals surface area contributed by atoms with Crippen molar-refractivity contribution in [1.29, 1.82) is 0 Å². The number of anilines is 1. The Labute approximate surface area is 178 Å². The molecule has 150 valence electrons. The van der Waals surface area contributed by atoms with Gasteiger partial charge in [0.25, 0.3) is 5.91 Å². The summed E-state index contributed by atoms with van der Waals surface area (Å²) in [6.07, 6.45) is 4.03. The second-order valence-corrected chi connectivity index (χ2v) is 8.43. The van der Waals surface area contributed by atoms with Gasteiger partial charge in [0.05, 0.1) is 16.6 Å². The van der Waals surface area contributed by atoms with E-state index in [4.69, 9.17) is 11.6 Å². The molecule has 0 radical (unpaired) electrons. The molecule has 0 unspecified atom stereocenters. The number of nitrogens with zero attached hydrogens (tertiary/aromatic N) is 2. The molecule has 1 aromatic carbocycles. The highest BCUT2D eigenvalue weighted by atomic mass is 35.5. The first kappa shape index (κ1) is 19.8. The van der Waals surface area contributed by atoms with Crippen molar-refractivity contribution in [3.63, 3.8) is 0 Å². The van der Waals surface area contributed by atoms with E-state index < -0.39 is 0 Å². The molecule has 2 aromatic heterocycles. The lowest BCUT2D eigenvalue weighted by atomic mass is 9.96. The predicted octanol–water partition coefficient (Wildman–Crippen LogP) is 3.85. The van der Waals surface area contributed by atoms with Crippen LogP contribution < -0.4 is 10.6 Å². The van der Waals surface area contributed by atoms with Gasteiger partial charge in [-0.25, -0.2) is 9.97 Å². The van der Waals surface area contributed by atoms with Crippen LogP contribution in [0.2, 0.25) is 5.02 Å². The molecular weight excluding hydrogens is 408 g/mol. The molecule has 3 aromatic rings. The summed E-state index contributed by atoms with van der Waals surface area (Å²) in [5.74, 6) is 0.418. The van der Waals surface area contributed by atoms with Gasteiger partial charge >= 0.3 is 0 Å². The van der Waals surface area contributed by atoms with E-state index in [9.17, 15) is 9.90 Å². The Bertz CT molecular complexity index is 1040. The van der Waals surface area contributed by atoms with Crippen molar-refractivity contribution in [2.24, 2.45) is 0 Å². The van der Waals surface area contributed by atoms with E-state index >= 15 is 0 Å². The molecule has 29 heavy (non-hydrogen) atoms. The molecule has 4 rings (SSSR count). The molecule has 0 fully saturated rings. The molecule has 0 spiro atoms. The van der Waals surface area contributed by atoms with E-state index in [-0.39, 0.29) is 18.6 Å². The molecule has 0 saturated heterocycles. The Morgan fingerprint density at radius 2 is 2.10 bits per heavy atom. The van der Waals surface area contributed by atoms with Crippen LogP contribution in [0.5, 0.6) is 0 Å². The molecule has 1 aliphatic rings. The van der Waals surface area contributed by atoms with E-state index in [0.29, 0.717) is 22.3 Å². The van der Waals surface area contributed by atoms with E-state index in [1.165, 1.54) is 11.3 Å². The lowest BCUT2D eigenvalue weighted by Crippen LogP contribution is -2.28. The summed E-state index contributed by atoms with van der Waals surface area (Å²) in [4.78, 5) is 23.7. The molecule has 8 heteroatoms. The predicted molar refractivity (Wildman–Crippen MR) is 116 cm³/mol. The van der Waals surface area contributed by atoms with Crippen molar-refractivity contribution in [3.05, 3.63) is 62.4 Å². The molecular formula is C21H21ClN4O2S. The molecule has 0 aliphatic heterocycles. The quantitative estimate of drug-likeness (QED) is 0.555. The Balaban J connectivity index is 1.60. The molecule has 1 amide bonds. The van der Waals surface area contributed by atoms with Crippen molar-refractivity contribution in [2.45, 2.75) is 25.3 Å². The third kappa shape index (κ3) is 4.12. The zero-order valence-corrected chi connectivity index (χ0v) is 17.5. The van der Waals surface area contributed by atoms with Gasteiger partial charge in [0.15, 0.2) is 0 Å². The zero-order valence-electron chi connectivity index (χ0n) is 15.9. The number of rotatable bonds is 6. The van der Waals surface area contributed by atoms with Gasteiger partial charge in [-0.15, -0.1) is 11.3 Å². The SMILES string of the molecule is CNc1ncc2c(n1)-c1cc(C(=O)N[C@@H](CCO)c3ccc(Cl)cc3)sc1CC2. The molecule has 0 bridgehead atoms. The monoisotopic (exact) mass is 428 g/mol. The van der Waals surface area contributed by atoms with Crippen LogP contribution in [-0.2, 0) is 12.8 Å². The van der Waals surface area contributed by atoms with Gasteiger partial charge in [0.1, 0.15) is 0 Å². The number of fused-ring (bicyclic) bond motifs is 3. The van der Waals surface area contributed by atoms with Crippen LogP contribution in [-0.4, -0.2) is 34.6 Å².